The third-order valence-electron chi connectivity index (χ3n) is 2.58. The number of hydrogen-bond donors (Lipinski definition) is 1. The van der Waals surface area contributed by atoms with Gasteiger partial charge in [0.25, 0.3) is 0 Å². The predicted octanol–water partition coefficient (Wildman–Crippen LogP) is 2.60. The van der Waals surface area contributed by atoms with E-state index in [0.29, 0.717) is 30.3 Å². The van der Waals surface area contributed by atoms with Crippen LogP contribution in [-0.4, -0.2) is 37.5 Å². The summed E-state index contributed by atoms with van der Waals surface area (Å²) in [5, 5.41) is 8.72. The van der Waals surface area contributed by atoms with E-state index in [1.807, 2.05) is 13.8 Å². The van der Waals surface area contributed by atoms with Gasteiger partial charge >= 0.3 is 5.97 Å². The van der Waals surface area contributed by atoms with Crippen molar-refractivity contribution in [2.75, 3.05) is 20.3 Å². The van der Waals surface area contributed by atoms with E-state index in [-0.39, 0.29) is 6.10 Å². The number of carboxylic acids is 1. The molecule has 0 amide bonds. The van der Waals surface area contributed by atoms with Gasteiger partial charge in [-0.2, -0.15) is 0 Å². The lowest BCUT2D eigenvalue weighted by molar-refractivity contribution is -0.131. The maximum absolute atomic E-state index is 10.6. The molecule has 1 unspecified atom stereocenters. The maximum Gasteiger partial charge on any atom is 0.328 e. The van der Waals surface area contributed by atoms with E-state index in [2.05, 4.69) is 0 Å². The molecule has 0 heterocycles. The van der Waals surface area contributed by atoms with Crippen LogP contribution in [0.4, 0.5) is 0 Å². The molecule has 0 aliphatic carbocycles. The molecular formula is C15H20O5. The first kappa shape index (κ1) is 16.0. The predicted molar refractivity (Wildman–Crippen MR) is 76.2 cm³/mol. The number of ether oxygens (including phenoxy) is 3. The zero-order chi connectivity index (χ0) is 15.0. The van der Waals surface area contributed by atoms with Gasteiger partial charge in [0, 0.05) is 18.7 Å². The fourth-order valence-corrected chi connectivity index (χ4v) is 1.52. The van der Waals surface area contributed by atoms with Crippen LogP contribution in [0.3, 0.4) is 0 Å². The Labute approximate surface area is 118 Å². The van der Waals surface area contributed by atoms with Crippen molar-refractivity contribution < 1.29 is 24.1 Å². The second kappa shape index (κ2) is 8.22. The van der Waals surface area contributed by atoms with Crippen molar-refractivity contribution >= 4 is 12.0 Å². The molecule has 5 nitrogen and oxygen atoms in total. The fourth-order valence-electron chi connectivity index (χ4n) is 1.52. The first-order valence-corrected chi connectivity index (χ1v) is 6.40. The summed E-state index contributed by atoms with van der Waals surface area (Å²) in [6, 6.07) is 5.35. The number of benzene rings is 1. The summed E-state index contributed by atoms with van der Waals surface area (Å²) in [6.45, 7) is 4.62. The highest BCUT2D eigenvalue weighted by atomic mass is 16.5. The van der Waals surface area contributed by atoms with Gasteiger partial charge in [-0.05, 0) is 26.0 Å². The molecule has 0 saturated heterocycles. The lowest BCUT2D eigenvalue weighted by Crippen LogP contribution is -2.16. The molecule has 1 N–H and O–H groups in total. The van der Waals surface area contributed by atoms with Gasteiger partial charge in [-0.15, -0.1) is 0 Å². The van der Waals surface area contributed by atoms with Gasteiger partial charge in [0.2, 0.25) is 0 Å². The molecule has 0 fully saturated rings. The van der Waals surface area contributed by atoms with Crippen molar-refractivity contribution in [3.8, 4) is 11.5 Å². The SMILES string of the molecule is CCOc1cccc(/C=C/C(=O)O)c1OCC(C)OC. The van der Waals surface area contributed by atoms with E-state index in [0.717, 1.165) is 6.08 Å². The number of rotatable bonds is 8. The molecule has 1 aromatic rings. The van der Waals surface area contributed by atoms with Crippen LogP contribution in [-0.2, 0) is 9.53 Å². The number of carboxylic acid groups (broad SMARTS) is 1. The second-order valence-electron chi connectivity index (χ2n) is 4.14. The number of hydrogen-bond acceptors (Lipinski definition) is 4. The van der Waals surface area contributed by atoms with Crippen LogP contribution in [0.25, 0.3) is 6.08 Å². The summed E-state index contributed by atoms with van der Waals surface area (Å²) in [4.78, 5) is 10.6. The van der Waals surface area contributed by atoms with Crippen LogP contribution in [0.5, 0.6) is 11.5 Å². The van der Waals surface area contributed by atoms with Crippen molar-refractivity contribution in [3.05, 3.63) is 29.8 Å². The number of methoxy groups -OCH3 is 1. The molecule has 0 aliphatic rings. The molecule has 20 heavy (non-hydrogen) atoms. The summed E-state index contributed by atoms with van der Waals surface area (Å²) in [6.07, 6.45) is 2.48. The van der Waals surface area contributed by atoms with Gasteiger partial charge in [0.05, 0.1) is 12.7 Å². The highest BCUT2D eigenvalue weighted by Gasteiger charge is 2.11. The minimum absolute atomic E-state index is 0.0685. The zero-order valence-electron chi connectivity index (χ0n) is 12.0. The van der Waals surface area contributed by atoms with Crippen molar-refractivity contribution in [3.63, 3.8) is 0 Å². The summed E-state index contributed by atoms with van der Waals surface area (Å²) >= 11 is 0. The Bertz CT molecular complexity index is 467. The lowest BCUT2D eigenvalue weighted by Gasteiger charge is -2.16. The highest BCUT2D eigenvalue weighted by Crippen LogP contribution is 2.32. The van der Waals surface area contributed by atoms with Crippen molar-refractivity contribution in [1.29, 1.82) is 0 Å². The molecule has 1 aromatic carbocycles. The first-order valence-electron chi connectivity index (χ1n) is 6.40. The Balaban J connectivity index is 3.02. The van der Waals surface area contributed by atoms with Crippen molar-refractivity contribution in [1.82, 2.24) is 0 Å². The van der Waals surface area contributed by atoms with E-state index < -0.39 is 5.97 Å². The van der Waals surface area contributed by atoms with Gasteiger partial charge in [-0.3, -0.25) is 0 Å². The van der Waals surface area contributed by atoms with Crippen LogP contribution in [0, 0.1) is 0 Å². The number of carbonyl (C=O) groups is 1. The third kappa shape index (κ3) is 4.93. The Kier molecular flexibility index (Phi) is 6.59. The first-order chi connectivity index (χ1) is 9.58. The van der Waals surface area contributed by atoms with Gasteiger partial charge in [-0.1, -0.05) is 12.1 Å². The van der Waals surface area contributed by atoms with Crippen molar-refractivity contribution in [2.24, 2.45) is 0 Å². The van der Waals surface area contributed by atoms with E-state index in [1.54, 1.807) is 25.3 Å². The van der Waals surface area contributed by atoms with E-state index in [4.69, 9.17) is 19.3 Å². The Morgan fingerprint density at radius 3 is 2.75 bits per heavy atom. The minimum atomic E-state index is -1.01. The van der Waals surface area contributed by atoms with Gasteiger partial charge in [0.15, 0.2) is 11.5 Å². The monoisotopic (exact) mass is 280 g/mol. The molecule has 110 valence electrons. The number of aliphatic carboxylic acids is 1. The molecule has 1 rings (SSSR count). The average Bonchev–Trinajstić information content (AvgIpc) is 2.43. The maximum atomic E-state index is 10.6. The molecule has 0 bridgehead atoms. The zero-order valence-corrected chi connectivity index (χ0v) is 12.0. The fraction of sp³-hybridized carbons (Fsp3) is 0.400. The summed E-state index contributed by atoms with van der Waals surface area (Å²) in [7, 11) is 1.60. The molecule has 1 atom stereocenters. The molecule has 0 radical (unpaired) electrons. The standard InChI is InChI=1S/C15H20O5/c1-4-19-13-7-5-6-12(8-9-14(16)17)15(13)20-10-11(2)18-3/h5-9,11H,4,10H2,1-3H3,(H,16,17)/b9-8+. The highest BCUT2D eigenvalue weighted by molar-refractivity contribution is 5.86. The number of para-hydroxylation sites is 1. The van der Waals surface area contributed by atoms with Gasteiger partial charge < -0.3 is 19.3 Å². The summed E-state index contributed by atoms with van der Waals surface area (Å²) in [5.74, 6) is 0.0992. The van der Waals surface area contributed by atoms with Crippen LogP contribution in [0.2, 0.25) is 0 Å². The lowest BCUT2D eigenvalue weighted by atomic mass is 10.1. The topological polar surface area (TPSA) is 65.0 Å². The summed E-state index contributed by atoms with van der Waals surface area (Å²) in [5.41, 5.74) is 0.654. The molecule has 0 spiro atoms. The molecule has 0 saturated carbocycles. The largest absolute Gasteiger partial charge is 0.490 e. The van der Waals surface area contributed by atoms with Gasteiger partial charge in [-0.25, -0.2) is 4.79 Å². The Morgan fingerprint density at radius 1 is 1.40 bits per heavy atom. The molecule has 5 heteroatoms. The third-order valence-corrected chi connectivity index (χ3v) is 2.58. The van der Waals surface area contributed by atoms with Crippen molar-refractivity contribution in [2.45, 2.75) is 20.0 Å². The normalized spacial score (nSPS) is 12.3. The van der Waals surface area contributed by atoms with Crippen LogP contribution in [0.15, 0.2) is 24.3 Å². The average molecular weight is 280 g/mol. The molecule has 0 aliphatic heterocycles. The second-order valence-corrected chi connectivity index (χ2v) is 4.14. The van der Waals surface area contributed by atoms with Gasteiger partial charge in [0.1, 0.15) is 6.61 Å². The molecule has 0 aromatic heterocycles. The smallest absolute Gasteiger partial charge is 0.328 e. The summed E-state index contributed by atoms with van der Waals surface area (Å²) < 4.78 is 16.3. The van der Waals surface area contributed by atoms with E-state index >= 15 is 0 Å². The Morgan fingerprint density at radius 2 is 2.15 bits per heavy atom. The minimum Gasteiger partial charge on any atom is -0.490 e. The van der Waals surface area contributed by atoms with E-state index in [9.17, 15) is 4.79 Å². The van der Waals surface area contributed by atoms with E-state index in [1.165, 1.54) is 6.08 Å². The van der Waals surface area contributed by atoms with Crippen LogP contribution in [0.1, 0.15) is 19.4 Å². The molecular weight excluding hydrogens is 260 g/mol. The Hall–Kier alpha value is -2.01. The van der Waals surface area contributed by atoms with Crippen LogP contribution >= 0.6 is 0 Å². The quantitative estimate of drug-likeness (QED) is 0.741. The van der Waals surface area contributed by atoms with Crippen LogP contribution < -0.4 is 9.47 Å².